The van der Waals surface area contributed by atoms with Crippen LogP contribution in [0.15, 0.2) is 78.4 Å². The molecule has 1 aliphatic rings. The number of methoxy groups -OCH3 is 1. The SMILES string of the molecule is CCc1ccc(/C(O)=C2/C(=O)C(=O)N(Cc3ccc(OC)cc3)C2c2cccc(OC(C)C)c2)cc1. The highest BCUT2D eigenvalue weighted by Gasteiger charge is 2.46. The Morgan fingerprint density at radius 1 is 0.944 bits per heavy atom. The Bertz CT molecular complexity index is 1280. The van der Waals surface area contributed by atoms with E-state index in [0.29, 0.717) is 22.6 Å². The predicted octanol–water partition coefficient (Wildman–Crippen LogP) is 5.67. The minimum Gasteiger partial charge on any atom is -0.507 e. The fourth-order valence-electron chi connectivity index (χ4n) is 4.40. The number of ketones is 1. The van der Waals surface area contributed by atoms with E-state index in [-0.39, 0.29) is 24.0 Å². The summed E-state index contributed by atoms with van der Waals surface area (Å²) >= 11 is 0. The number of rotatable bonds is 8. The van der Waals surface area contributed by atoms with Gasteiger partial charge in [0.1, 0.15) is 17.3 Å². The number of aryl methyl sites for hydroxylation is 1. The second-order valence-electron chi connectivity index (χ2n) is 9.06. The zero-order chi connectivity index (χ0) is 25.8. The number of aliphatic hydroxyl groups excluding tert-OH is 1. The number of carbonyl (C=O) groups is 2. The number of amides is 1. The summed E-state index contributed by atoms with van der Waals surface area (Å²) < 4.78 is 11.1. The van der Waals surface area contributed by atoms with Crippen LogP contribution in [0.1, 0.15) is 49.1 Å². The van der Waals surface area contributed by atoms with E-state index >= 15 is 0 Å². The molecule has 1 atom stereocenters. The van der Waals surface area contributed by atoms with E-state index in [4.69, 9.17) is 9.47 Å². The van der Waals surface area contributed by atoms with Crippen molar-refractivity contribution in [3.63, 3.8) is 0 Å². The third-order valence-corrected chi connectivity index (χ3v) is 6.23. The monoisotopic (exact) mass is 485 g/mol. The second kappa shape index (κ2) is 10.7. The van der Waals surface area contributed by atoms with Crippen LogP contribution in [0, 0.1) is 0 Å². The molecule has 0 radical (unpaired) electrons. The van der Waals surface area contributed by atoms with Crippen molar-refractivity contribution >= 4 is 17.4 Å². The van der Waals surface area contributed by atoms with Gasteiger partial charge in [-0.05, 0) is 61.2 Å². The number of Topliss-reactive ketones (excluding diaryl/α,β-unsaturated/α-hetero) is 1. The van der Waals surface area contributed by atoms with Gasteiger partial charge >= 0.3 is 0 Å². The normalized spacial score (nSPS) is 17.0. The van der Waals surface area contributed by atoms with E-state index in [0.717, 1.165) is 17.5 Å². The van der Waals surface area contributed by atoms with Crippen molar-refractivity contribution in [1.29, 1.82) is 0 Å². The van der Waals surface area contributed by atoms with Crippen molar-refractivity contribution in [3.8, 4) is 11.5 Å². The van der Waals surface area contributed by atoms with E-state index in [1.54, 1.807) is 19.2 Å². The maximum Gasteiger partial charge on any atom is 0.295 e. The van der Waals surface area contributed by atoms with Crippen LogP contribution in [0.3, 0.4) is 0 Å². The number of hydrogen-bond acceptors (Lipinski definition) is 5. The maximum atomic E-state index is 13.3. The molecule has 3 aromatic rings. The smallest absolute Gasteiger partial charge is 0.295 e. The molecule has 0 saturated carbocycles. The standard InChI is InChI=1S/C30H31NO5/c1-5-20-9-13-22(14-10-20)28(32)26-27(23-7-6-8-25(17-23)36-19(2)3)31(30(34)29(26)33)18-21-11-15-24(35-4)16-12-21/h6-17,19,27,32H,5,18H2,1-4H3/b28-26-. The van der Waals surface area contributed by atoms with Crippen LogP contribution in [0.5, 0.6) is 11.5 Å². The number of aliphatic hydroxyl groups is 1. The molecule has 6 heteroatoms. The lowest BCUT2D eigenvalue weighted by Gasteiger charge is -2.26. The molecular formula is C30H31NO5. The molecule has 0 spiro atoms. The summed E-state index contributed by atoms with van der Waals surface area (Å²) in [6.07, 6.45) is 0.818. The van der Waals surface area contributed by atoms with E-state index in [1.165, 1.54) is 4.90 Å². The summed E-state index contributed by atoms with van der Waals surface area (Å²) in [5.41, 5.74) is 3.20. The molecule has 1 aliphatic heterocycles. The molecule has 1 N–H and O–H groups in total. The van der Waals surface area contributed by atoms with E-state index in [9.17, 15) is 14.7 Å². The molecule has 0 bridgehead atoms. The Hall–Kier alpha value is -4.06. The van der Waals surface area contributed by atoms with Crippen LogP contribution in [0.25, 0.3) is 5.76 Å². The van der Waals surface area contributed by atoms with Crippen molar-refractivity contribution in [2.75, 3.05) is 7.11 Å². The van der Waals surface area contributed by atoms with E-state index in [2.05, 4.69) is 0 Å². The summed E-state index contributed by atoms with van der Waals surface area (Å²) in [5, 5.41) is 11.3. The largest absolute Gasteiger partial charge is 0.507 e. The van der Waals surface area contributed by atoms with Gasteiger partial charge in [0.2, 0.25) is 0 Å². The Kier molecular flexibility index (Phi) is 7.44. The van der Waals surface area contributed by atoms with Crippen LogP contribution in [0.2, 0.25) is 0 Å². The molecule has 1 unspecified atom stereocenters. The molecule has 1 fully saturated rings. The van der Waals surface area contributed by atoms with Crippen LogP contribution in [-0.4, -0.2) is 34.9 Å². The maximum absolute atomic E-state index is 13.3. The van der Waals surface area contributed by atoms with Crippen molar-refractivity contribution in [2.24, 2.45) is 0 Å². The van der Waals surface area contributed by atoms with Crippen LogP contribution >= 0.6 is 0 Å². The Balaban J connectivity index is 1.82. The van der Waals surface area contributed by atoms with Crippen molar-refractivity contribution < 1.29 is 24.2 Å². The molecule has 0 aromatic heterocycles. The first-order valence-corrected chi connectivity index (χ1v) is 12.1. The third-order valence-electron chi connectivity index (χ3n) is 6.23. The Morgan fingerprint density at radius 2 is 1.61 bits per heavy atom. The molecule has 1 saturated heterocycles. The minimum atomic E-state index is -0.770. The van der Waals surface area contributed by atoms with Crippen molar-refractivity contribution in [3.05, 3.63) is 101 Å². The first-order valence-electron chi connectivity index (χ1n) is 12.1. The van der Waals surface area contributed by atoms with E-state index in [1.807, 2.05) is 81.4 Å². The van der Waals surface area contributed by atoms with Gasteiger partial charge in [-0.1, -0.05) is 55.5 Å². The third kappa shape index (κ3) is 5.13. The molecule has 3 aromatic carbocycles. The van der Waals surface area contributed by atoms with Gasteiger partial charge in [0, 0.05) is 12.1 Å². The molecule has 1 heterocycles. The molecule has 186 valence electrons. The number of carbonyl (C=O) groups excluding carboxylic acids is 2. The molecular weight excluding hydrogens is 454 g/mol. The molecule has 1 amide bonds. The summed E-state index contributed by atoms with van der Waals surface area (Å²) in [6, 6.07) is 21.3. The summed E-state index contributed by atoms with van der Waals surface area (Å²) in [5.74, 6) is -0.219. The Labute approximate surface area is 211 Å². The highest BCUT2D eigenvalue weighted by molar-refractivity contribution is 6.46. The van der Waals surface area contributed by atoms with Crippen LogP contribution < -0.4 is 9.47 Å². The Morgan fingerprint density at radius 3 is 2.22 bits per heavy atom. The number of likely N-dealkylation sites (tertiary alicyclic amines) is 1. The summed E-state index contributed by atoms with van der Waals surface area (Å²) in [6.45, 7) is 6.11. The van der Waals surface area contributed by atoms with E-state index < -0.39 is 17.7 Å². The average molecular weight is 486 g/mol. The first kappa shape index (κ1) is 25.0. The van der Waals surface area contributed by atoms with Gasteiger partial charge in [-0.3, -0.25) is 9.59 Å². The topological polar surface area (TPSA) is 76.1 Å². The fourth-order valence-corrected chi connectivity index (χ4v) is 4.40. The van der Waals surface area contributed by atoms with Gasteiger partial charge in [-0.25, -0.2) is 0 Å². The van der Waals surface area contributed by atoms with Crippen LogP contribution in [-0.2, 0) is 22.6 Å². The minimum absolute atomic E-state index is 0.0389. The lowest BCUT2D eigenvalue weighted by molar-refractivity contribution is -0.140. The predicted molar refractivity (Wildman–Crippen MR) is 139 cm³/mol. The van der Waals surface area contributed by atoms with Crippen molar-refractivity contribution in [1.82, 2.24) is 4.90 Å². The van der Waals surface area contributed by atoms with Gasteiger partial charge in [0.15, 0.2) is 0 Å². The van der Waals surface area contributed by atoms with Gasteiger partial charge in [-0.15, -0.1) is 0 Å². The second-order valence-corrected chi connectivity index (χ2v) is 9.06. The number of nitrogens with zero attached hydrogens (tertiary/aromatic N) is 1. The lowest BCUT2D eigenvalue weighted by atomic mass is 9.94. The molecule has 4 rings (SSSR count). The highest BCUT2D eigenvalue weighted by atomic mass is 16.5. The highest BCUT2D eigenvalue weighted by Crippen LogP contribution is 2.41. The fraction of sp³-hybridized carbons (Fsp3) is 0.267. The lowest BCUT2D eigenvalue weighted by Crippen LogP contribution is -2.29. The van der Waals surface area contributed by atoms with Crippen LogP contribution in [0.4, 0.5) is 0 Å². The van der Waals surface area contributed by atoms with Gasteiger partial charge < -0.3 is 19.5 Å². The quantitative estimate of drug-likeness (QED) is 0.253. The molecule has 6 nitrogen and oxygen atoms in total. The van der Waals surface area contributed by atoms with Gasteiger partial charge in [0.25, 0.3) is 11.7 Å². The first-order chi connectivity index (χ1) is 17.3. The number of hydrogen-bond donors (Lipinski definition) is 1. The summed E-state index contributed by atoms with van der Waals surface area (Å²) in [4.78, 5) is 28.1. The number of ether oxygens (including phenoxy) is 2. The van der Waals surface area contributed by atoms with Crippen molar-refractivity contribution in [2.45, 2.75) is 45.9 Å². The number of benzene rings is 3. The van der Waals surface area contributed by atoms with Gasteiger partial charge in [0.05, 0.1) is 24.8 Å². The average Bonchev–Trinajstić information content (AvgIpc) is 3.13. The molecule has 36 heavy (non-hydrogen) atoms. The zero-order valence-electron chi connectivity index (χ0n) is 21.0. The summed E-state index contributed by atoms with van der Waals surface area (Å²) in [7, 11) is 1.59. The zero-order valence-corrected chi connectivity index (χ0v) is 21.0. The van der Waals surface area contributed by atoms with Gasteiger partial charge in [-0.2, -0.15) is 0 Å². The molecule has 0 aliphatic carbocycles.